The lowest BCUT2D eigenvalue weighted by molar-refractivity contribution is 0.779. The fourth-order valence-electron chi connectivity index (χ4n) is 1.55. The number of aryl methyl sites for hydroxylation is 2. The van der Waals surface area contributed by atoms with E-state index in [1.165, 1.54) is 0 Å². The Kier molecular flexibility index (Phi) is 2.05. The quantitative estimate of drug-likeness (QED) is 0.720. The van der Waals surface area contributed by atoms with E-state index in [-0.39, 0.29) is 0 Å². The van der Waals surface area contributed by atoms with Gasteiger partial charge in [0.2, 0.25) is 0 Å². The van der Waals surface area contributed by atoms with Crippen molar-refractivity contribution in [2.45, 2.75) is 6.92 Å². The highest BCUT2D eigenvalue weighted by Gasteiger charge is 2.10. The fourth-order valence-corrected chi connectivity index (χ4v) is 2.18. The number of aromatic nitrogens is 2. The summed E-state index contributed by atoms with van der Waals surface area (Å²) in [5, 5.41) is 14.3. The van der Waals surface area contributed by atoms with Gasteiger partial charge in [-0.2, -0.15) is 10.4 Å². The summed E-state index contributed by atoms with van der Waals surface area (Å²) in [6.07, 6.45) is 1.94. The molecule has 0 amide bonds. The number of fused-ring (bicyclic) bond motifs is 1. The summed E-state index contributed by atoms with van der Waals surface area (Å²) in [6.45, 7) is 1.92. The maximum absolute atomic E-state index is 8.95. The van der Waals surface area contributed by atoms with Gasteiger partial charge in [0.25, 0.3) is 0 Å². The summed E-state index contributed by atoms with van der Waals surface area (Å²) in [4.78, 5) is 0. The van der Waals surface area contributed by atoms with Gasteiger partial charge < -0.3 is 0 Å². The molecule has 0 spiro atoms. The first kappa shape index (κ1) is 9.22. The Morgan fingerprint density at radius 1 is 1.57 bits per heavy atom. The van der Waals surface area contributed by atoms with Gasteiger partial charge in [0, 0.05) is 23.1 Å². The van der Waals surface area contributed by atoms with Crippen LogP contribution in [0.15, 0.2) is 16.7 Å². The van der Waals surface area contributed by atoms with Gasteiger partial charge in [-0.3, -0.25) is 4.68 Å². The smallest absolute Gasteiger partial charge is 0.101 e. The molecule has 14 heavy (non-hydrogen) atoms. The van der Waals surface area contributed by atoms with Crippen LogP contribution in [0.25, 0.3) is 10.9 Å². The summed E-state index contributed by atoms with van der Waals surface area (Å²) in [7, 11) is 1.87. The minimum Gasteiger partial charge on any atom is -0.275 e. The molecule has 0 saturated carbocycles. The second-order valence-corrected chi connectivity index (χ2v) is 4.07. The van der Waals surface area contributed by atoms with Gasteiger partial charge in [0.15, 0.2) is 0 Å². The number of hydrogen-bond acceptors (Lipinski definition) is 2. The Labute approximate surface area is 90.1 Å². The monoisotopic (exact) mass is 249 g/mol. The summed E-state index contributed by atoms with van der Waals surface area (Å²) in [5.74, 6) is 0. The van der Waals surface area contributed by atoms with Crippen molar-refractivity contribution in [2.24, 2.45) is 7.05 Å². The van der Waals surface area contributed by atoms with Gasteiger partial charge in [-0.15, -0.1) is 0 Å². The second kappa shape index (κ2) is 3.10. The van der Waals surface area contributed by atoms with Crippen molar-refractivity contribution in [3.63, 3.8) is 0 Å². The molecule has 0 aliphatic carbocycles. The molecule has 1 aromatic carbocycles. The van der Waals surface area contributed by atoms with Crippen LogP contribution in [0.5, 0.6) is 0 Å². The molecule has 70 valence electrons. The van der Waals surface area contributed by atoms with E-state index in [1.54, 1.807) is 4.68 Å². The van der Waals surface area contributed by atoms with Gasteiger partial charge >= 0.3 is 0 Å². The summed E-state index contributed by atoms with van der Waals surface area (Å²) >= 11 is 3.38. The van der Waals surface area contributed by atoms with Crippen molar-refractivity contribution in [1.82, 2.24) is 9.78 Å². The van der Waals surface area contributed by atoms with E-state index in [0.29, 0.717) is 5.56 Å². The Morgan fingerprint density at radius 2 is 2.29 bits per heavy atom. The first-order valence-electron chi connectivity index (χ1n) is 4.16. The summed E-state index contributed by atoms with van der Waals surface area (Å²) in [6, 6.07) is 4.09. The minimum absolute atomic E-state index is 0.663. The van der Waals surface area contributed by atoms with Gasteiger partial charge in [-0.25, -0.2) is 0 Å². The van der Waals surface area contributed by atoms with Crippen LogP contribution in [0.3, 0.4) is 0 Å². The maximum atomic E-state index is 8.95. The number of halogens is 1. The standard InChI is InChI=1S/C10H8BrN3/c1-6-8(4-12)9(11)3-7-5-14(2)13-10(6)7/h3,5H,1-2H3. The lowest BCUT2D eigenvalue weighted by Gasteiger charge is -2.00. The number of nitriles is 1. The van der Waals surface area contributed by atoms with Crippen molar-refractivity contribution >= 4 is 26.8 Å². The third kappa shape index (κ3) is 1.21. The zero-order valence-electron chi connectivity index (χ0n) is 7.87. The topological polar surface area (TPSA) is 41.6 Å². The molecule has 0 radical (unpaired) electrons. The number of hydrogen-bond donors (Lipinski definition) is 0. The molecule has 1 aromatic heterocycles. The molecular weight excluding hydrogens is 242 g/mol. The third-order valence-corrected chi connectivity index (χ3v) is 2.85. The molecular formula is C10H8BrN3. The minimum atomic E-state index is 0.663. The Bertz CT molecular complexity index is 548. The lowest BCUT2D eigenvalue weighted by atomic mass is 10.1. The predicted molar refractivity (Wildman–Crippen MR) is 57.9 cm³/mol. The van der Waals surface area contributed by atoms with E-state index >= 15 is 0 Å². The van der Waals surface area contributed by atoms with Crippen molar-refractivity contribution in [3.8, 4) is 6.07 Å². The van der Waals surface area contributed by atoms with Crippen LogP contribution >= 0.6 is 15.9 Å². The predicted octanol–water partition coefficient (Wildman–Crippen LogP) is 2.52. The molecule has 0 fully saturated rings. The zero-order valence-corrected chi connectivity index (χ0v) is 9.46. The van der Waals surface area contributed by atoms with Gasteiger partial charge in [-0.05, 0) is 34.5 Å². The maximum Gasteiger partial charge on any atom is 0.101 e. The Balaban J connectivity index is 2.93. The second-order valence-electron chi connectivity index (χ2n) is 3.21. The molecule has 0 unspecified atom stereocenters. The SMILES string of the molecule is Cc1c(C#N)c(Br)cc2cn(C)nc12. The van der Waals surface area contributed by atoms with Crippen LogP contribution in [0.1, 0.15) is 11.1 Å². The van der Waals surface area contributed by atoms with E-state index in [9.17, 15) is 0 Å². The van der Waals surface area contributed by atoms with E-state index < -0.39 is 0 Å². The molecule has 0 bridgehead atoms. The Morgan fingerprint density at radius 3 is 2.93 bits per heavy atom. The number of benzene rings is 1. The van der Waals surface area contributed by atoms with E-state index in [0.717, 1.165) is 20.9 Å². The van der Waals surface area contributed by atoms with Gasteiger partial charge in [0.1, 0.15) is 6.07 Å². The first-order valence-corrected chi connectivity index (χ1v) is 4.95. The van der Waals surface area contributed by atoms with E-state index in [4.69, 9.17) is 5.26 Å². The molecule has 3 nitrogen and oxygen atoms in total. The highest BCUT2D eigenvalue weighted by atomic mass is 79.9. The van der Waals surface area contributed by atoms with Crippen molar-refractivity contribution < 1.29 is 0 Å². The largest absolute Gasteiger partial charge is 0.275 e. The third-order valence-electron chi connectivity index (χ3n) is 2.22. The fraction of sp³-hybridized carbons (Fsp3) is 0.200. The summed E-state index contributed by atoms with van der Waals surface area (Å²) in [5.41, 5.74) is 2.49. The van der Waals surface area contributed by atoms with Gasteiger partial charge in [0.05, 0.1) is 11.1 Å². The molecule has 0 N–H and O–H groups in total. The molecule has 4 heteroatoms. The number of nitrogens with zero attached hydrogens (tertiary/aromatic N) is 3. The lowest BCUT2D eigenvalue weighted by Crippen LogP contribution is -1.88. The van der Waals surface area contributed by atoms with Crippen LogP contribution in [-0.4, -0.2) is 9.78 Å². The van der Waals surface area contributed by atoms with Gasteiger partial charge in [-0.1, -0.05) is 0 Å². The molecule has 1 heterocycles. The normalized spacial score (nSPS) is 10.4. The average molecular weight is 250 g/mol. The van der Waals surface area contributed by atoms with Crippen molar-refractivity contribution in [2.75, 3.05) is 0 Å². The summed E-state index contributed by atoms with van der Waals surface area (Å²) < 4.78 is 2.59. The molecule has 2 aromatic rings. The van der Waals surface area contributed by atoms with Crippen molar-refractivity contribution in [3.05, 3.63) is 27.9 Å². The first-order chi connectivity index (χ1) is 6.63. The molecule has 0 aliphatic heterocycles. The van der Waals surface area contributed by atoms with Crippen LogP contribution < -0.4 is 0 Å². The molecule has 0 aliphatic rings. The number of rotatable bonds is 0. The molecule has 0 atom stereocenters. The highest BCUT2D eigenvalue weighted by Crippen LogP contribution is 2.27. The van der Waals surface area contributed by atoms with E-state index in [1.807, 2.05) is 26.2 Å². The van der Waals surface area contributed by atoms with Crippen LogP contribution in [-0.2, 0) is 7.05 Å². The molecule has 0 saturated heterocycles. The molecule has 2 rings (SSSR count). The van der Waals surface area contributed by atoms with Crippen LogP contribution in [0.2, 0.25) is 0 Å². The zero-order chi connectivity index (χ0) is 10.3. The van der Waals surface area contributed by atoms with Crippen molar-refractivity contribution in [1.29, 1.82) is 5.26 Å². The Hall–Kier alpha value is -1.34. The van der Waals surface area contributed by atoms with E-state index in [2.05, 4.69) is 27.1 Å². The highest BCUT2D eigenvalue weighted by molar-refractivity contribution is 9.10. The van der Waals surface area contributed by atoms with Crippen LogP contribution in [0.4, 0.5) is 0 Å². The average Bonchev–Trinajstić information content (AvgIpc) is 2.47. The van der Waals surface area contributed by atoms with Crippen LogP contribution in [0, 0.1) is 18.3 Å².